The molecule has 90 valence electrons. The minimum absolute atomic E-state index is 0.199. The average molecular weight is 214 g/mol. The Morgan fingerprint density at radius 1 is 1.07 bits per heavy atom. The summed E-state index contributed by atoms with van der Waals surface area (Å²) in [7, 11) is 0. The molecule has 2 nitrogen and oxygen atoms in total. The molecule has 0 atom stereocenters. The zero-order valence-electron chi connectivity index (χ0n) is 10.5. The topological polar surface area (TPSA) is 37.3 Å². The van der Waals surface area contributed by atoms with Gasteiger partial charge in [0.05, 0.1) is 0 Å². The Hall–Kier alpha value is -0.530. The van der Waals surface area contributed by atoms with E-state index >= 15 is 0 Å². The number of carboxylic acid groups (broad SMARTS) is 1. The van der Waals surface area contributed by atoms with Gasteiger partial charge >= 0.3 is 5.97 Å². The summed E-state index contributed by atoms with van der Waals surface area (Å²) in [6.07, 6.45) is 8.74. The van der Waals surface area contributed by atoms with Gasteiger partial charge in [-0.1, -0.05) is 52.9 Å². The Morgan fingerprint density at radius 3 is 2.20 bits per heavy atom. The maximum atomic E-state index is 10.5. The fourth-order valence-corrected chi connectivity index (χ4v) is 1.78. The highest BCUT2D eigenvalue weighted by molar-refractivity contribution is 5.66. The summed E-state index contributed by atoms with van der Waals surface area (Å²) in [4.78, 5) is 10.5. The van der Waals surface area contributed by atoms with Crippen LogP contribution in [0, 0.1) is 5.41 Å². The summed E-state index contributed by atoms with van der Waals surface area (Å²) in [6.45, 7) is 6.57. The second-order valence-electron chi connectivity index (χ2n) is 5.22. The smallest absolute Gasteiger partial charge is 0.303 e. The van der Waals surface area contributed by atoms with E-state index in [9.17, 15) is 4.79 Å². The Kier molecular flexibility index (Phi) is 7.45. The first-order valence-electron chi connectivity index (χ1n) is 6.20. The van der Waals surface area contributed by atoms with Gasteiger partial charge in [-0.15, -0.1) is 0 Å². The lowest BCUT2D eigenvalue weighted by Crippen LogP contribution is -2.13. The zero-order chi connectivity index (χ0) is 11.7. The predicted octanol–water partition coefficient (Wildman–Crippen LogP) is 4.24. The van der Waals surface area contributed by atoms with Crippen LogP contribution >= 0.6 is 0 Å². The molecule has 0 fully saturated rings. The monoisotopic (exact) mass is 214 g/mol. The molecule has 0 rings (SSSR count). The zero-order valence-corrected chi connectivity index (χ0v) is 10.5. The minimum atomic E-state index is -0.672. The third-order valence-corrected chi connectivity index (χ3v) is 2.97. The molecule has 0 aromatic rings. The number of carboxylic acids is 1. The quantitative estimate of drug-likeness (QED) is 0.583. The van der Waals surface area contributed by atoms with Gasteiger partial charge in [0.15, 0.2) is 0 Å². The van der Waals surface area contributed by atoms with E-state index < -0.39 is 5.97 Å². The van der Waals surface area contributed by atoms with Crippen molar-refractivity contribution < 1.29 is 9.90 Å². The first kappa shape index (κ1) is 14.5. The summed E-state index contributed by atoms with van der Waals surface area (Å²) in [5, 5.41) is 8.62. The SMILES string of the molecule is CCCCCCCC(C)(C)CCC(=O)O. The van der Waals surface area contributed by atoms with E-state index in [1.807, 2.05) is 0 Å². The van der Waals surface area contributed by atoms with Crippen LogP contribution in [0.1, 0.15) is 72.1 Å². The van der Waals surface area contributed by atoms with Crippen molar-refractivity contribution in [1.82, 2.24) is 0 Å². The molecule has 0 aromatic heterocycles. The predicted molar refractivity (Wildman–Crippen MR) is 64.0 cm³/mol. The summed E-state index contributed by atoms with van der Waals surface area (Å²) >= 11 is 0. The molecule has 0 saturated heterocycles. The summed E-state index contributed by atoms with van der Waals surface area (Å²) in [6, 6.07) is 0. The van der Waals surface area contributed by atoms with E-state index in [0.717, 1.165) is 12.8 Å². The number of unbranched alkanes of at least 4 members (excludes halogenated alkanes) is 4. The van der Waals surface area contributed by atoms with Crippen LogP contribution in [-0.2, 0) is 4.79 Å². The molecule has 2 heteroatoms. The normalized spacial score (nSPS) is 11.7. The Bertz CT molecular complexity index is 173. The molecule has 0 aliphatic rings. The molecule has 0 aliphatic carbocycles. The van der Waals surface area contributed by atoms with Gasteiger partial charge in [0.1, 0.15) is 0 Å². The first-order valence-corrected chi connectivity index (χ1v) is 6.20. The average Bonchev–Trinajstić information content (AvgIpc) is 2.15. The van der Waals surface area contributed by atoms with Crippen molar-refractivity contribution in [1.29, 1.82) is 0 Å². The maximum Gasteiger partial charge on any atom is 0.303 e. The molecule has 0 aromatic carbocycles. The second kappa shape index (κ2) is 7.72. The molecule has 1 N–H and O–H groups in total. The lowest BCUT2D eigenvalue weighted by atomic mass is 9.82. The molecule has 0 saturated carbocycles. The Labute approximate surface area is 94.1 Å². The first-order chi connectivity index (χ1) is 6.98. The van der Waals surface area contributed by atoms with Crippen molar-refractivity contribution in [2.24, 2.45) is 5.41 Å². The van der Waals surface area contributed by atoms with Crippen molar-refractivity contribution in [3.05, 3.63) is 0 Å². The van der Waals surface area contributed by atoms with Crippen LogP contribution in [0.5, 0.6) is 0 Å². The van der Waals surface area contributed by atoms with E-state index in [2.05, 4.69) is 20.8 Å². The van der Waals surface area contributed by atoms with Crippen LogP contribution in [-0.4, -0.2) is 11.1 Å². The molecule has 0 spiro atoms. The Morgan fingerprint density at radius 2 is 1.67 bits per heavy atom. The van der Waals surface area contributed by atoms with Gasteiger partial charge in [-0.3, -0.25) is 4.79 Å². The minimum Gasteiger partial charge on any atom is -0.481 e. The molecule has 15 heavy (non-hydrogen) atoms. The molecular weight excluding hydrogens is 188 g/mol. The van der Waals surface area contributed by atoms with Crippen LogP contribution in [0.25, 0.3) is 0 Å². The van der Waals surface area contributed by atoms with Gasteiger partial charge < -0.3 is 5.11 Å². The molecule has 0 amide bonds. The standard InChI is InChI=1S/C13H26O2/c1-4-5-6-7-8-10-13(2,3)11-9-12(14)15/h4-11H2,1-3H3,(H,14,15). The largest absolute Gasteiger partial charge is 0.481 e. The van der Waals surface area contributed by atoms with Gasteiger partial charge in [-0.25, -0.2) is 0 Å². The van der Waals surface area contributed by atoms with Crippen LogP contribution in [0.3, 0.4) is 0 Å². The third-order valence-electron chi connectivity index (χ3n) is 2.97. The highest BCUT2D eigenvalue weighted by atomic mass is 16.4. The number of hydrogen-bond donors (Lipinski definition) is 1. The van der Waals surface area contributed by atoms with Crippen molar-refractivity contribution in [2.45, 2.75) is 72.1 Å². The van der Waals surface area contributed by atoms with E-state index in [-0.39, 0.29) is 5.41 Å². The van der Waals surface area contributed by atoms with Crippen LogP contribution < -0.4 is 0 Å². The highest BCUT2D eigenvalue weighted by Gasteiger charge is 2.18. The van der Waals surface area contributed by atoms with Crippen LogP contribution in [0.4, 0.5) is 0 Å². The van der Waals surface area contributed by atoms with Gasteiger partial charge in [-0.05, 0) is 18.3 Å². The number of aliphatic carboxylic acids is 1. The lowest BCUT2D eigenvalue weighted by molar-refractivity contribution is -0.137. The van der Waals surface area contributed by atoms with Crippen molar-refractivity contribution in [3.63, 3.8) is 0 Å². The molecule has 0 bridgehead atoms. The number of carbonyl (C=O) groups is 1. The summed E-state index contributed by atoms with van der Waals surface area (Å²) in [5.74, 6) is -0.672. The van der Waals surface area contributed by atoms with Crippen LogP contribution in [0.2, 0.25) is 0 Å². The summed E-state index contributed by atoms with van der Waals surface area (Å²) < 4.78 is 0. The van der Waals surface area contributed by atoms with E-state index in [1.165, 1.54) is 32.1 Å². The third kappa shape index (κ3) is 9.77. The molecular formula is C13H26O2. The lowest BCUT2D eigenvalue weighted by Gasteiger charge is -2.23. The Balaban J connectivity index is 3.50. The molecule has 0 aliphatic heterocycles. The van der Waals surface area contributed by atoms with Gasteiger partial charge in [0.2, 0.25) is 0 Å². The van der Waals surface area contributed by atoms with Crippen LogP contribution in [0.15, 0.2) is 0 Å². The summed E-state index contributed by atoms with van der Waals surface area (Å²) in [5.41, 5.74) is 0.199. The van der Waals surface area contributed by atoms with Gasteiger partial charge in [-0.2, -0.15) is 0 Å². The number of hydrogen-bond acceptors (Lipinski definition) is 1. The van der Waals surface area contributed by atoms with E-state index in [4.69, 9.17) is 5.11 Å². The van der Waals surface area contributed by atoms with Gasteiger partial charge in [0, 0.05) is 6.42 Å². The number of rotatable bonds is 9. The van der Waals surface area contributed by atoms with Crippen molar-refractivity contribution >= 4 is 5.97 Å². The van der Waals surface area contributed by atoms with Crippen molar-refractivity contribution in [2.75, 3.05) is 0 Å². The molecule has 0 radical (unpaired) electrons. The van der Waals surface area contributed by atoms with Crippen molar-refractivity contribution in [3.8, 4) is 0 Å². The van der Waals surface area contributed by atoms with Gasteiger partial charge in [0.25, 0.3) is 0 Å². The van der Waals surface area contributed by atoms with E-state index in [0.29, 0.717) is 6.42 Å². The fourth-order valence-electron chi connectivity index (χ4n) is 1.78. The van der Waals surface area contributed by atoms with E-state index in [1.54, 1.807) is 0 Å². The molecule has 0 unspecified atom stereocenters. The molecule has 0 heterocycles. The second-order valence-corrected chi connectivity index (χ2v) is 5.22. The fraction of sp³-hybridized carbons (Fsp3) is 0.923. The highest BCUT2D eigenvalue weighted by Crippen LogP contribution is 2.29. The maximum absolute atomic E-state index is 10.5.